The van der Waals surface area contributed by atoms with E-state index in [1.165, 1.54) is 0 Å². The van der Waals surface area contributed by atoms with Gasteiger partial charge in [0.15, 0.2) is 0 Å². The Balaban J connectivity index is 3.02. The lowest BCUT2D eigenvalue weighted by Crippen LogP contribution is -2.63. The molecule has 3 atom stereocenters. The molecule has 1 saturated heterocycles. The van der Waals surface area contributed by atoms with Gasteiger partial charge in [-0.15, -0.1) is 0 Å². The van der Waals surface area contributed by atoms with Gasteiger partial charge in [0.1, 0.15) is 5.78 Å². The molecule has 24 heavy (non-hydrogen) atoms. The van der Waals surface area contributed by atoms with Crippen molar-refractivity contribution in [2.24, 2.45) is 0 Å². The largest absolute Gasteiger partial charge is 0.393 e. The van der Waals surface area contributed by atoms with Gasteiger partial charge in [-0.25, -0.2) is 0 Å². The molecule has 5 heteroatoms. The van der Waals surface area contributed by atoms with E-state index in [0.717, 1.165) is 12.8 Å². The minimum absolute atomic E-state index is 0.0800. The molecule has 1 N–H and O–H groups in total. The number of ketones is 1. The molecule has 1 rings (SSSR count). The first-order valence-corrected chi connectivity index (χ1v) is 11.2. The zero-order valence-electron chi connectivity index (χ0n) is 16.9. The van der Waals surface area contributed by atoms with Gasteiger partial charge in [-0.3, -0.25) is 4.79 Å². The fraction of sp³-hybridized carbons (Fsp3) is 0.947. The highest BCUT2D eigenvalue weighted by atomic mass is 28.4. The van der Waals surface area contributed by atoms with E-state index in [1.807, 2.05) is 6.92 Å². The minimum Gasteiger partial charge on any atom is -0.393 e. The van der Waals surface area contributed by atoms with Crippen LogP contribution >= 0.6 is 0 Å². The van der Waals surface area contributed by atoms with Crippen molar-refractivity contribution >= 4 is 14.3 Å². The monoisotopic (exact) mass is 358 g/mol. The maximum Gasteiger partial charge on any atom is 0.349 e. The number of aliphatic hydroxyl groups is 1. The first kappa shape index (κ1) is 21.8. The van der Waals surface area contributed by atoms with E-state index in [9.17, 15) is 9.90 Å². The van der Waals surface area contributed by atoms with Crippen LogP contribution in [0, 0.1) is 0 Å². The molecule has 0 saturated carbocycles. The lowest BCUT2D eigenvalue weighted by molar-refractivity contribution is -0.124. The standard InChI is InChI=1S/C19H38O4Si/c1-9-14(20)11-15(21)12-17-13-16(10-2)22-24(23-17,18(3,4)5)19(6,7)8/h14,16-17,20H,9-13H2,1-8H3/t14-,16-,17+/m1/s1. The Hall–Kier alpha value is -0.233. The molecule has 0 amide bonds. The second-order valence-corrected chi connectivity index (χ2v) is 14.0. The van der Waals surface area contributed by atoms with Crippen LogP contribution in [-0.2, 0) is 13.6 Å². The van der Waals surface area contributed by atoms with Gasteiger partial charge in [-0.2, -0.15) is 0 Å². The third-order valence-electron chi connectivity index (χ3n) is 5.01. The predicted octanol–water partition coefficient (Wildman–Crippen LogP) is 4.73. The average molecular weight is 359 g/mol. The number of Topliss-reactive ketones (excluding diaryl/α,β-unsaturated/α-hetero) is 1. The van der Waals surface area contributed by atoms with Crippen LogP contribution in [0.4, 0.5) is 0 Å². The molecule has 1 aliphatic heterocycles. The summed E-state index contributed by atoms with van der Waals surface area (Å²) in [5.74, 6) is 0.0943. The van der Waals surface area contributed by atoms with Crippen molar-refractivity contribution in [2.45, 2.75) is 116 Å². The molecule has 0 aromatic heterocycles. The summed E-state index contributed by atoms with van der Waals surface area (Å²) in [5.41, 5.74) is 0. The third-order valence-corrected chi connectivity index (χ3v) is 10.3. The van der Waals surface area contributed by atoms with E-state index in [4.69, 9.17) is 8.85 Å². The summed E-state index contributed by atoms with van der Waals surface area (Å²) in [6.07, 6.45) is 2.46. The number of rotatable bonds is 6. The Bertz CT molecular complexity index is 408. The molecular formula is C19H38O4Si. The van der Waals surface area contributed by atoms with Crippen LogP contribution in [0.15, 0.2) is 0 Å². The summed E-state index contributed by atoms with van der Waals surface area (Å²) in [6.45, 7) is 17.2. The lowest BCUT2D eigenvalue weighted by atomic mass is 10.0. The lowest BCUT2D eigenvalue weighted by Gasteiger charge is -2.55. The quantitative estimate of drug-likeness (QED) is 0.697. The Labute approximate surface area is 149 Å². The minimum atomic E-state index is -2.56. The average Bonchev–Trinajstić information content (AvgIpc) is 2.44. The summed E-state index contributed by atoms with van der Waals surface area (Å²) >= 11 is 0. The molecular weight excluding hydrogens is 320 g/mol. The van der Waals surface area contributed by atoms with E-state index in [2.05, 4.69) is 48.5 Å². The number of carbonyl (C=O) groups excluding carboxylic acids is 1. The van der Waals surface area contributed by atoms with Gasteiger partial charge in [0.25, 0.3) is 0 Å². The predicted molar refractivity (Wildman–Crippen MR) is 100 cm³/mol. The number of hydrogen-bond acceptors (Lipinski definition) is 4. The van der Waals surface area contributed by atoms with Gasteiger partial charge in [-0.05, 0) is 19.3 Å². The van der Waals surface area contributed by atoms with Crippen molar-refractivity contribution in [2.75, 3.05) is 0 Å². The van der Waals surface area contributed by atoms with Crippen LogP contribution in [0.5, 0.6) is 0 Å². The van der Waals surface area contributed by atoms with Gasteiger partial charge >= 0.3 is 8.56 Å². The van der Waals surface area contributed by atoms with E-state index >= 15 is 0 Å². The topological polar surface area (TPSA) is 55.8 Å². The Kier molecular flexibility index (Phi) is 7.25. The first-order chi connectivity index (χ1) is 10.9. The van der Waals surface area contributed by atoms with E-state index in [0.29, 0.717) is 12.8 Å². The zero-order valence-corrected chi connectivity index (χ0v) is 17.9. The van der Waals surface area contributed by atoms with E-state index in [1.54, 1.807) is 0 Å². The van der Waals surface area contributed by atoms with Crippen LogP contribution in [-0.4, -0.2) is 37.8 Å². The summed E-state index contributed by atoms with van der Waals surface area (Å²) in [5, 5.41) is 9.58. The Morgan fingerprint density at radius 1 is 1.08 bits per heavy atom. The Morgan fingerprint density at radius 3 is 2.00 bits per heavy atom. The number of carbonyl (C=O) groups is 1. The van der Waals surface area contributed by atoms with Gasteiger partial charge in [-0.1, -0.05) is 55.4 Å². The van der Waals surface area contributed by atoms with Crippen LogP contribution in [0.1, 0.15) is 87.5 Å². The number of aliphatic hydroxyl groups excluding tert-OH is 1. The van der Waals surface area contributed by atoms with E-state index in [-0.39, 0.29) is 34.5 Å². The van der Waals surface area contributed by atoms with Crippen LogP contribution in [0.25, 0.3) is 0 Å². The second kappa shape index (κ2) is 7.98. The molecule has 0 bridgehead atoms. The molecule has 0 spiro atoms. The summed E-state index contributed by atoms with van der Waals surface area (Å²) < 4.78 is 13.3. The molecule has 0 aromatic carbocycles. The van der Waals surface area contributed by atoms with E-state index < -0.39 is 14.7 Å². The summed E-state index contributed by atoms with van der Waals surface area (Å²) in [4.78, 5) is 12.3. The highest BCUT2D eigenvalue weighted by molar-refractivity contribution is 6.73. The van der Waals surface area contributed by atoms with Crippen molar-refractivity contribution < 1.29 is 18.8 Å². The summed E-state index contributed by atoms with van der Waals surface area (Å²) in [6, 6.07) is 0. The molecule has 4 nitrogen and oxygen atoms in total. The smallest absolute Gasteiger partial charge is 0.349 e. The molecule has 0 aromatic rings. The molecule has 0 aliphatic carbocycles. The maximum atomic E-state index is 12.3. The zero-order chi connectivity index (χ0) is 18.8. The SMILES string of the molecule is CC[C@@H](O)CC(=O)C[C@H]1C[C@@H](CC)O[Si](C(C)(C)C)(C(C)(C)C)O1. The van der Waals surface area contributed by atoms with Gasteiger partial charge in [0, 0.05) is 29.0 Å². The van der Waals surface area contributed by atoms with Gasteiger partial charge in [0.05, 0.1) is 12.2 Å². The van der Waals surface area contributed by atoms with Gasteiger partial charge in [0.2, 0.25) is 0 Å². The van der Waals surface area contributed by atoms with Crippen molar-refractivity contribution in [1.29, 1.82) is 0 Å². The maximum absolute atomic E-state index is 12.3. The third kappa shape index (κ3) is 4.90. The molecule has 0 unspecified atom stereocenters. The van der Waals surface area contributed by atoms with Crippen LogP contribution in [0.3, 0.4) is 0 Å². The van der Waals surface area contributed by atoms with Crippen molar-refractivity contribution in [3.05, 3.63) is 0 Å². The number of hydrogen-bond donors (Lipinski definition) is 1. The fourth-order valence-electron chi connectivity index (χ4n) is 3.84. The van der Waals surface area contributed by atoms with Crippen molar-refractivity contribution in [3.8, 4) is 0 Å². The normalized spacial score (nSPS) is 26.2. The first-order valence-electron chi connectivity index (χ1n) is 9.41. The highest BCUT2D eigenvalue weighted by Gasteiger charge is 2.61. The van der Waals surface area contributed by atoms with Gasteiger partial charge < -0.3 is 14.0 Å². The Morgan fingerprint density at radius 2 is 1.58 bits per heavy atom. The summed E-state index contributed by atoms with van der Waals surface area (Å²) in [7, 11) is -2.56. The molecule has 1 heterocycles. The van der Waals surface area contributed by atoms with Crippen molar-refractivity contribution in [3.63, 3.8) is 0 Å². The molecule has 0 radical (unpaired) electrons. The molecule has 1 aliphatic rings. The second-order valence-electron chi connectivity index (χ2n) is 9.25. The molecule has 1 fully saturated rings. The van der Waals surface area contributed by atoms with Crippen LogP contribution < -0.4 is 0 Å². The highest BCUT2D eigenvalue weighted by Crippen LogP contribution is 2.55. The van der Waals surface area contributed by atoms with Crippen molar-refractivity contribution in [1.82, 2.24) is 0 Å². The fourth-order valence-corrected chi connectivity index (χ4v) is 8.94. The van der Waals surface area contributed by atoms with Crippen LogP contribution in [0.2, 0.25) is 10.1 Å². The molecule has 142 valence electrons.